The second kappa shape index (κ2) is 7.06. The second-order valence-corrected chi connectivity index (χ2v) is 6.29. The van der Waals surface area contributed by atoms with E-state index in [-0.39, 0.29) is 23.4 Å². The third kappa shape index (κ3) is 3.33. The van der Waals surface area contributed by atoms with E-state index in [2.05, 4.69) is 10.3 Å². The molecule has 0 bridgehead atoms. The van der Waals surface area contributed by atoms with Gasteiger partial charge in [-0.1, -0.05) is 12.1 Å². The van der Waals surface area contributed by atoms with Gasteiger partial charge in [0.15, 0.2) is 5.65 Å². The molecule has 0 radical (unpaired) electrons. The van der Waals surface area contributed by atoms with Crippen LogP contribution in [0, 0.1) is 6.92 Å². The number of pyridine rings is 1. The van der Waals surface area contributed by atoms with Crippen molar-refractivity contribution >= 4 is 22.6 Å². The third-order valence-corrected chi connectivity index (χ3v) is 4.45. The lowest BCUT2D eigenvalue weighted by atomic mass is 10.1. The predicted molar refractivity (Wildman–Crippen MR) is 102 cm³/mol. The average molecular weight is 368 g/mol. The van der Waals surface area contributed by atoms with E-state index in [9.17, 15) is 14.4 Å². The number of benzene rings is 1. The highest BCUT2D eigenvalue weighted by Gasteiger charge is 2.17. The molecule has 8 heteroatoms. The van der Waals surface area contributed by atoms with E-state index >= 15 is 0 Å². The van der Waals surface area contributed by atoms with Crippen molar-refractivity contribution in [2.45, 2.75) is 13.3 Å². The van der Waals surface area contributed by atoms with Gasteiger partial charge in [-0.05, 0) is 30.2 Å². The lowest BCUT2D eigenvalue weighted by molar-refractivity contribution is -0.115. The number of anilines is 1. The maximum Gasteiger partial charge on any atom is 0.332 e. The van der Waals surface area contributed by atoms with Gasteiger partial charge in [0.1, 0.15) is 11.1 Å². The molecule has 1 amide bonds. The number of hydrogen-bond acceptors (Lipinski definition) is 5. The second-order valence-electron chi connectivity index (χ2n) is 6.29. The maximum absolute atomic E-state index is 12.6. The first-order chi connectivity index (χ1) is 12.8. The van der Waals surface area contributed by atoms with Crippen LogP contribution in [0.4, 0.5) is 5.69 Å². The third-order valence-electron chi connectivity index (χ3n) is 4.45. The van der Waals surface area contributed by atoms with Crippen molar-refractivity contribution in [3.05, 3.63) is 62.4 Å². The number of rotatable bonds is 4. The molecule has 1 aromatic carbocycles. The first-order valence-electron chi connectivity index (χ1n) is 8.31. The van der Waals surface area contributed by atoms with Gasteiger partial charge in [-0.2, -0.15) is 0 Å². The standard InChI is InChI=1S/C19H20N4O4/c1-11-10-20-17-15(18(25)23(3)19(26)22(17)2)16(11)21-14(24)9-12-5-7-13(27-4)8-6-12/h5-8,10H,9H2,1-4H3,(H,20,21,24). The van der Waals surface area contributed by atoms with Gasteiger partial charge in [-0.15, -0.1) is 0 Å². The number of carbonyl (C=O) groups excluding carboxylic acids is 1. The molecule has 0 aliphatic heterocycles. The molecule has 0 unspecified atom stereocenters. The largest absolute Gasteiger partial charge is 0.497 e. The van der Waals surface area contributed by atoms with Gasteiger partial charge in [-0.25, -0.2) is 9.78 Å². The monoisotopic (exact) mass is 368 g/mol. The Morgan fingerprint density at radius 3 is 2.44 bits per heavy atom. The molecule has 3 rings (SSSR count). The van der Waals surface area contributed by atoms with Gasteiger partial charge in [0.25, 0.3) is 5.56 Å². The lowest BCUT2D eigenvalue weighted by Gasteiger charge is -2.14. The van der Waals surface area contributed by atoms with Crippen LogP contribution in [0.25, 0.3) is 11.0 Å². The summed E-state index contributed by atoms with van der Waals surface area (Å²) in [6, 6.07) is 7.17. The first kappa shape index (κ1) is 18.4. The number of aryl methyl sites for hydroxylation is 2. The molecule has 0 aliphatic rings. The van der Waals surface area contributed by atoms with E-state index in [0.29, 0.717) is 17.0 Å². The van der Waals surface area contributed by atoms with Crippen molar-refractivity contribution in [3.8, 4) is 5.75 Å². The van der Waals surface area contributed by atoms with Crippen LogP contribution in [0.2, 0.25) is 0 Å². The Kier molecular flexibility index (Phi) is 4.81. The van der Waals surface area contributed by atoms with E-state index in [0.717, 1.165) is 10.1 Å². The molecule has 0 aliphatic carbocycles. The molecule has 1 N–H and O–H groups in total. The summed E-state index contributed by atoms with van der Waals surface area (Å²) in [4.78, 5) is 41.5. The molecule has 27 heavy (non-hydrogen) atoms. The minimum Gasteiger partial charge on any atom is -0.497 e. The number of aromatic nitrogens is 3. The van der Waals surface area contributed by atoms with Crippen molar-refractivity contribution in [3.63, 3.8) is 0 Å². The van der Waals surface area contributed by atoms with E-state index in [4.69, 9.17) is 4.74 Å². The summed E-state index contributed by atoms with van der Waals surface area (Å²) in [6.45, 7) is 1.75. The fourth-order valence-corrected chi connectivity index (χ4v) is 2.90. The summed E-state index contributed by atoms with van der Waals surface area (Å²) in [5, 5.41) is 3.02. The van der Waals surface area contributed by atoms with Gasteiger partial charge >= 0.3 is 5.69 Å². The molecule has 2 aromatic heterocycles. The van der Waals surface area contributed by atoms with Gasteiger partial charge in [0, 0.05) is 20.3 Å². The fraction of sp³-hybridized carbons (Fsp3) is 0.263. The molecule has 8 nitrogen and oxygen atoms in total. The average Bonchev–Trinajstić information content (AvgIpc) is 2.66. The van der Waals surface area contributed by atoms with Crippen LogP contribution in [-0.2, 0) is 25.3 Å². The number of ether oxygens (including phenoxy) is 1. The molecular weight excluding hydrogens is 348 g/mol. The van der Waals surface area contributed by atoms with Crippen molar-refractivity contribution in [2.75, 3.05) is 12.4 Å². The topological polar surface area (TPSA) is 95.2 Å². The Morgan fingerprint density at radius 2 is 1.81 bits per heavy atom. The SMILES string of the molecule is COc1ccc(CC(=O)Nc2c(C)cnc3c2c(=O)n(C)c(=O)n3C)cc1. The zero-order valence-electron chi connectivity index (χ0n) is 15.6. The van der Waals surface area contributed by atoms with Crippen LogP contribution in [0.5, 0.6) is 5.75 Å². The summed E-state index contributed by atoms with van der Waals surface area (Å²) < 4.78 is 7.40. The molecular formula is C19H20N4O4. The number of methoxy groups -OCH3 is 1. The Labute approximate surface area is 155 Å². The molecule has 0 fully saturated rings. The minimum absolute atomic E-state index is 0.138. The van der Waals surface area contributed by atoms with Crippen molar-refractivity contribution in [2.24, 2.45) is 14.1 Å². The van der Waals surface area contributed by atoms with Gasteiger partial charge in [0.05, 0.1) is 19.2 Å². The van der Waals surface area contributed by atoms with Gasteiger partial charge < -0.3 is 10.1 Å². The highest BCUT2D eigenvalue weighted by Crippen LogP contribution is 2.22. The van der Waals surface area contributed by atoms with Crippen LogP contribution in [-0.4, -0.2) is 27.1 Å². The molecule has 0 saturated carbocycles. The normalized spacial score (nSPS) is 10.8. The van der Waals surface area contributed by atoms with Crippen LogP contribution in [0.3, 0.4) is 0 Å². The minimum atomic E-state index is -0.496. The van der Waals surface area contributed by atoms with E-state index in [1.54, 1.807) is 38.3 Å². The van der Waals surface area contributed by atoms with E-state index in [1.165, 1.54) is 24.9 Å². The Morgan fingerprint density at radius 1 is 1.15 bits per heavy atom. The van der Waals surface area contributed by atoms with Crippen LogP contribution < -0.4 is 21.3 Å². The Balaban J connectivity index is 2.01. The highest BCUT2D eigenvalue weighted by atomic mass is 16.5. The predicted octanol–water partition coefficient (Wildman–Crippen LogP) is 1.13. The number of nitrogens with zero attached hydrogens (tertiary/aromatic N) is 3. The lowest BCUT2D eigenvalue weighted by Crippen LogP contribution is -2.38. The van der Waals surface area contributed by atoms with E-state index < -0.39 is 11.2 Å². The van der Waals surface area contributed by atoms with Gasteiger partial charge in [0.2, 0.25) is 5.91 Å². The Bertz CT molecular complexity index is 1140. The molecule has 140 valence electrons. The fourth-order valence-electron chi connectivity index (χ4n) is 2.90. The van der Waals surface area contributed by atoms with E-state index in [1.807, 2.05) is 0 Å². The number of hydrogen-bond donors (Lipinski definition) is 1. The highest BCUT2D eigenvalue weighted by molar-refractivity contribution is 6.01. The quantitative estimate of drug-likeness (QED) is 0.745. The summed E-state index contributed by atoms with van der Waals surface area (Å²) in [5.74, 6) is 0.436. The van der Waals surface area contributed by atoms with Gasteiger partial charge in [-0.3, -0.25) is 18.7 Å². The van der Waals surface area contributed by atoms with Crippen molar-refractivity contribution in [1.29, 1.82) is 0 Å². The zero-order valence-corrected chi connectivity index (χ0v) is 15.6. The summed E-state index contributed by atoms with van der Waals surface area (Å²) in [5.41, 5.74) is 1.08. The summed E-state index contributed by atoms with van der Waals surface area (Å²) in [7, 11) is 4.51. The molecule has 0 spiro atoms. The molecule has 2 heterocycles. The molecule has 0 saturated heterocycles. The molecule has 0 atom stereocenters. The zero-order chi connectivity index (χ0) is 19.7. The van der Waals surface area contributed by atoms with Crippen LogP contribution in [0.15, 0.2) is 40.1 Å². The number of nitrogens with one attached hydrogen (secondary N) is 1. The Hall–Kier alpha value is -3.42. The molecule has 3 aromatic rings. The number of carbonyl (C=O) groups is 1. The first-order valence-corrected chi connectivity index (χ1v) is 8.31. The summed E-state index contributed by atoms with van der Waals surface area (Å²) >= 11 is 0. The summed E-state index contributed by atoms with van der Waals surface area (Å²) in [6.07, 6.45) is 1.67. The van der Waals surface area contributed by atoms with Crippen molar-refractivity contribution < 1.29 is 9.53 Å². The maximum atomic E-state index is 12.6. The van der Waals surface area contributed by atoms with Crippen LogP contribution in [0.1, 0.15) is 11.1 Å². The number of amides is 1. The van der Waals surface area contributed by atoms with Crippen LogP contribution >= 0.6 is 0 Å². The smallest absolute Gasteiger partial charge is 0.332 e. The number of fused-ring (bicyclic) bond motifs is 1. The van der Waals surface area contributed by atoms with Crippen molar-refractivity contribution in [1.82, 2.24) is 14.1 Å².